The molecule has 2 rings (SSSR count). The topological polar surface area (TPSA) is 37.8 Å². The lowest BCUT2D eigenvalue weighted by Crippen LogP contribution is -2.10. The zero-order chi connectivity index (χ0) is 12.3. The maximum absolute atomic E-state index is 4.45. The van der Waals surface area contributed by atoms with Crippen LogP contribution in [0.15, 0.2) is 28.2 Å². The second-order valence-electron chi connectivity index (χ2n) is 3.92. The highest BCUT2D eigenvalue weighted by Gasteiger charge is 2.08. The molecule has 1 unspecified atom stereocenters. The normalized spacial score (nSPS) is 12.4. The summed E-state index contributed by atoms with van der Waals surface area (Å²) in [5.74, 6) is 1.31. The van der Waals surface area contributed by atoms with Crippen LogP contribution in [-0.2, 0) is 0 Å². The van der Waals surface area contributed by atoms with Gasteiger partial charge in [0.25, 0.3) is 0 Å². The molecule has 0 aliphatic rings. The number of hydrogen-bond acceptors (Lipinski definition) is 4. The number of aryl methyl sites for hydroxylation is 1. The Hall–Kier alpha value is -0.940. The predicted molar refractivity (Wildman–Crippen MR) is 75.7 cm³/mol. The first kappa shape index (κ1) is 12.5. The summed E-state index contributed by atoms with van der Waals surface area (Å²) in [6.07, 6.45) is 1.85. The number of nitrogens with zero attached hydrogens (tertiary/aromatic N) is 2. The highest BCUT2D eigenvalue weighted by Crippen LogP contribution is 2.19. The van der Waals surface area contributed by atoms with E-state index in [1.165, 1.54) is 0 Å². The summed E-state index contributed by atoms with van der Waals surface area (Å²) >= 11 is 5.14. The minimum Gasteiger partial charge on any atom is -0.369 e. The highest BCUT2D eigenvalue weighted by atomic mass is 79.9. The van der Waals surface area contributed by atoms with Crippen LogP contribution in [0, 0.1) is 6.92 Å². The predicted octanol–water partition coefficient (Wildman–Crippen LogP) is 3.82. The van der Waals surface area contributed by atoms with Crippen molar-refractivity contribution in [2.45, 2.75) is 19.8 Å². The van der Waals surface area contributed by atoms with E-state index in [0.29, 0.717) is 5.92 Å². The van der Waals surface area contributed by atoms with E-state index in [1.807, 2.05) is 30.6 Å². The summed E-state index contributed by atoms with van der Waals surface area (Å²) in [6, 6.07) is 3.99. The van der Waals surface area contributed by atoms with E-state index in [4.69, 9.17) is 0 Å². The van der Waals surface area contributed by atoms with Gasteiger partial charge in [-0.3, -0.25) is 0 Å². The largest absolute Gasteiger partial charge is 0.369 e. The van der Waals surface area contributed by atoms with Crippen LogP contribution in [0.2, 0.25) is 0 Å². The van der Waals surface area contributed by atoms with Crippen LogP contribution >= 0.6 is 27.3 Å². The Balaban J connectivity index is 1.96. The van der Waals surface area contributed by atoms with Gasteiger partial charge in [-0.25, -0.2) is 9.97 Å². The third-order valence-electron chi connectivity index (χ3n) is 2.48. The summed E-state index contributed by atoms with van der Waals surface area (Å²) in [4.78, 5) is 8.76. The number of thiazole rings is 1. The van der Waals surface area contributed by atoms with Crippen LogP contribution in [0.4, 0.5) is 5.82 Å². The first-order valence-corrected chi connectivity index (χ1v) is 7.10. The third kappa shape index (κ3) is 3.26. The lowest BCUT2D eigenvalue weighted by Gasteiger charge is -2.11. The molecule has 0 aliphatic heterocycles. The third-order valence-corrected chi connectivity index (χ3v) is 4.33. The number of anilines is 1. The van der Waals surface area contributed by atoms with Crippen molar-refractivity contribution in [3.63, 3.8) is 0 Å². The minimum atomic E-state index is 0.403. The van der Waals surface area contributed by atoms with Crippen molar-refractivity contribution in [3.8, 4) is 0 Å². The van der Waals surface area contributed by atoms with Gasteiger partial charge in [-0.2, -0.15) is 0 Å². The van der Waals surface area contributed by atoms with Gasteiger partial charge < -0.3 is 5.32 Å². The Kier molecular flexibility index (Phi) is 4.12. The molecule has 0 spiro atoms. The van der Waals surface area contributed by atoms with Gasteiger partial charge in [0.2, 0.25) is 0 Å². The quantitative estimate of drug-likeness (QED) is 0.932. The molecule has 1 atom stereocenters. The molecule has 0 saturated carbocycles. The van der Waals surface area contributed by atoms with Crippen molar-refractivity contribution in [2.24, 2.45) is 0 Å². The fraction of sp³-hybridized carbons (Fsp3) is 0.333. The van der Waals surface area contributed by atoms with Gasteiger partial charge in [0.15, 0.2) is 0 Å². The molecule has 2 aromatic rings. The van der Waals surface area contributed by atoms with Gasteiger partial charge >= 0.3 is 0 Å². The molecule has 0 bridgehead atoms. The number of halogens is 1. The molecule has 2 heterocycles. The van der Waals surface area contributed by atoms with Crippen molar-refractivity contribution in [1.82, 2.24) is 9.97 Å². The molecule has 0 aromatic carbocycles. The van der Waals surface area contributed by atoms with Gasteiger partial charge in [0, 0.05) is 28.5 Å². The van der Waals surface area contributed by atoms with E-state index in [2.05, 4.69) is 38.1 Å². The Morgan fingerprint density at radius 3 is 2.94 bits per heavy atom. The van der Waals surface area contributed by atoms with Crippen LogP contribution in [0.25, 0.3) is 0 Å². The molecule has 2 aromatic heterocycles. The molecule has 90 valence electrons. The standard InChI is InChI=1S/C12H14BrN3S/c1-8(12-14-5-6-17-12)7-15-11-4-3-10(13)9(2)16-11/h3-6,8H,7H2,1-2H3,(H,15,16). The molecular formula is C12H14BrN3S. The second kappa shape index (κ2) is 5.60. The zero-order valence-electron chi connectivity index (χ0n) is 9.77. The lowest BCUT2D eigenvalue weighted by molar-refractivity contribution is 0.791. The minimum absolute atomic E-state index is 0.403. The monoisotopic (exact) mass is 311 g/mol. The van der Waals surface area contributed by atoms with E-state index in [0.717, 1.165) is 27.5 Å². The fourth-order valence-corrected chi connectivity index (χ4v) is 2.38. The van der Waals surface area contributed by atoms with Gasteiger partial charge in [-0.15, -0.1) is 11.3 Å². The molecule has 17 heavy (non-hydrogen) atoms. The lowest BCUT2D eigenvalue weighted by atomic mass is 10.2. The molecular weight excluding hydrogens is 298 g/mol. The summed E-state index contributed by atoms with van der Waals surface area (Å²) in [5.41, 5.74) is 0.997. The molecule has 3 nitrogen and oxygen atoms in total. The van der Waals surface area contributed by atoms with E-state index in [9.17, 15) is 0 Å². The van der Waals surface area contributed by atoms with Crippen molar-refractivity contribution in [2.75, 3.05) is 11.9 Å². The zero-order valence-corrected chi connectivity index (χ0v) is 12.2. The molecule has 0 fully saturated rings. The first-order chi connectivity index (χ1) is 8.16. The highest BCUT2D eigenvalue weighted by molar-refractivity contribution is 9.10. The fourth-order valence-electron chi connectivity index (χ4n) is 1.47. The van der Waals surface area contributed by atoms with E-state index in [-0.39, 0.29) is 0 Å². The van der Waals surface area contributed by atoms with Crippen LogP contribution in [-0.4, -0.2) is 16.5 Å². The van der Waals surface area contributed by atoms with Gasteiger partial charge in [0.05, 0.1) is 10.7 Å². The molecule has 5 heteroatoms. The molecule has 0 amide bonds. The first-order valence-electron chi connectivity index (χ1n) is 5.43. The van der Waals surface area contributed by atoms with E-state index < -0.39 is 0 Å². The Bertz CT molecular complexity index is 485. The molecule has 0 saturated heterocycles. The molecule has 1 N–H and O–H groups in total. The van der Waals surface area contributed by atoms with Crippen LogP contribution in [0.1, 0.15) is 23.5 Å². The Labute approximate surface area is 113 Å². The average Bonchev–Trinajstić information content (AvgIpc) is 2.84. The number of aromatic nitrogens is 2. The summed E-state index contributed by atoms with van der Waals surface area (Å²) in [7, 11) is 0. The number of pyridine rings is 1. The Morgan fingerprint density at radius 1 is 1.47 bits per heavy atom. The SMILES string of the molecule is Cc1nc(NCC(C)c2nccs2)ccc1Br. The van der Waals surface area contributed by atoms with Crippen LogP contribution < -0.4 is 5.32 Å². The summed E-state index contributed by atoms with van der Waals surface area (Å²) < 4.78 is 1.04. The number of rotatable bonds is 4. The van der Waals surface area contributed by atoms with Gasteiger partial charge in [-0.05, 0) is 35.0 Å². The van der Waals surface area contributed by atoms with Crippen molar-refractivity contribution in [3.05, 3.63) is 38.9 Å². The summed E-state index contributed by atoms with van der Waals surface area (Å²) in [6.45, 7) is 5.00. The van der Waals surface area contributed by atoms with Crippen molar-refractivity contribution in [1.29, 1.82) is 0 Å². The Morgan fingerprint density at radius 2 is 2.29 bits per heavy atom. The maximum atomic E-state index is 4.45. The molecule has 0 aliphatic carbocycles. The smallest absolute Gasteiger partial charge is 0.126 e. The number of hydrogen-bond donors (Lipinski definition) is 1. The van der Waals surface area contributed by atoms with Gasteiger partial charge in [-0.1, -0.05) is 6.92 Å². The number of nitrogens with one attached hydrogen (secondary N) is 1. The van der Waals surface area contributed by atoms with Gasteiger partial charge in [0.1, 0.15) is 5.82 Å². The van der Waals surface area contributed by atoms with Crippen LogP contribution in [0.3, 0.4) is 0 Å². The average molecular weight is 312 g/mol. The van der Waals surface area contributed by atoms with E-state index in [1.54, 1.807) is 11.3 Å². The maximum Gasteiger partial charge on any atom is 0.126 e. The van der Waals surface area contributed by atoms with Crippen molar-refractivity contribution >= 4 is 33.1 Å². The van der Waals surface area contributed by atoms with Crippen LogP contribution in [0.5, 0.6) is 0 Å². The second-order valence-corrected chi connectivity index (χ2v) is 5.70. The van der Waals surface area contributed by atoms with Crippen molar-refractivity contribution < 1.29 is 0 Å². The van der Waals surface area contributed by atoms with E-state index >= 15 is 0 Å². The molecule has 0 radical (unpaired) electrons. The summed E-state index contributed by atoms with van der Waals surface area (Å²) in [5, 5.41) is 6.50.